The molecule has 162 valence electrons. The van der Waals surface area contributed by atoms with Crippen LogP contribution in [0.5, 0.6) is 0 Å². The van der Waals surface area contributed by atoms with E-state index in [9.17, 15) is 4.79 Å². The second-order valence-electron chi connectivity index (χ2n) is 6.23. The molecule has 2 aromatic carbocycles. The molecule has 0 saturated heterocycles. The van der Waals surface area contributed by atoms with E-state index in [0.29, 0.717) is 27.1 Å². The van der Waals surface area contributed by atoms with E-state index in [1.807, 2.05) is 18.2 Å². The molecule has 2 aromatic heterocycles. The summed E-state index contributed by atoms with van der Waals surface area (Å²) in [5, 5.41) is 20.4. The first-order valence-corrected chi connectivity index (χ1v) is 10.8. The number of nitrogen functional groups attached to an aromatic ring is 1. The van der Waals surface area contributed by atoms with Gasteiger partial charge in [-0.3, -0.25) is 4.79 Å². The number of nitrogens with one attached hydrogen (secondary N) is 1. The molecule has 10 nitrogen and oxygen atoms in total. The maximum atomic E-state index is 12.8. The molecule has 0 saturated carbocycles. The number of halogens is 2. The van der Waals surface area contributed by atoms with Gasteiger partial charge in [-0.15, -0.1) is 16.9 Å². The van der Waals surface area contributed by atoms with Crippen LogP contribution in [0.2, 0.25) is 10.0 Å². The number of thioether (sulfide) groups is 1. The normalized spacial score (nSPS) is 11.2. The predicted molar refractivity (Wildman–Crippen MR) is 121 cm³/mol. The zero-order valence-corrected chi connectivity index (χ0v) is 18.5. The lowest BCUT2D eigenvalue weighted by Gasteiger charge is -2.06. The van der Waals surface area contributed by atoms with E-state index in [0.717, 1.165) is 4.90 Å². The number of rotatable bonds is 7. The van der Waals surface area contributed by atoms with Crippen LogP contribution in [0, 0.1) is 0 Å². The van der Waals surface area contributed by atoms with E-state index >= 15 is 0 Å². The lowest BCUT2D eigenvalue weighted by molar-refractivity contribution is 0.0949. The van der Waals surface area contributed by atoms with E-state index in [1.54, 1.807) is 30.3 Å². The Labute approximate surface area is 195 Å². The van der Waals surface area contributed by atoms with E-state index < -0.39 is 5.91 Å². The first kappa shape index (κ1) is 21.8. The lowest BCUT2D eigenvalue weighted by atomic mass is 10.2. The molecule has 3 N–H and O–H groups in total. The van der Waals surface area contributed by atoms with Gasteiger partial charge in [-0.05, 0) is 40.6 Å². The minimum Gasteiger partial charge on any atom is -0.378 e. The monoisotopic (exact) mass is 488 g/mol. The molecule has 0 bridgehead atoms. The van der Waals surface area contributed by atoms with Crippen LogP contribution in [-0.4, -0.2) is 37.4 Å². The van der Waals surface area contributed by atoms with Gasteiger partial charge in [0.25, 0.3) is 5.91 Å². The number of amides is 1. The number of carbonyl (C=O) groups excluding carboxylic acids is 1. The third-order valence-electron chi connectivity index (χ3n) is 4.14. The number of benzene rings is 2. The average Bonchev–Trinajstić information content (AvgIpc) is 3.40. The summed E-state index contributed by atoms with van der Waals surface area (Å²) in [6, 6.07) is 14.4. The molecule has 0 aliphatic carbocycles. The Hall–Kier alpha value is -3.41. The molecule has 2 heterocycles. The van der Waals surface area contributed by atoms with E-state index in [2.05, 4.69) is 35.8 Å². The number of hydrogen-bond donors (Lipinski definition) is 2. The van der Waals surface area contributed by atoms with Crippen LogP contribution >= 0.6 is 35.0 Å². The molecule has 32 heavy (non-hydrogen) atoms. The van der Waals surface area contributed by atoms with Crippen LogP contribution < -0.4 is 11.2 Å². The predicted octanol–water partition coefficient (Wildman–Crippen LogP) is 3.60. The maximum Gasteiger partial charge on any atom is 0.293 e. The first-order chi connectivity index (χ1) is 15.5. The van der Waals surface area contributed by atoms with Gasteiger partial charge in [-0.1, -0.05) is 46.6 Å². The van der Waals surface area contributed by atoms with Crippen molar-refractivity contribution in [1.29, 1.82) is 0 Å². The van der Waals surface area contributed by atoms with Crippen molar-refractivity contribution >= 4 is 52.9 Å². The summed E-state index contributed by atoms with van der Waals surface area (Å²) < 4.78 is 5.96. The molecule has 1 amide bonds. The van der Waals surface area contributed by atoms with Gasteiger partial charge in [0.15, 0.2) is 5.69 Å². The van der Waals surface area contributed by atoms with Crippen molar-refractivity contribution in [2.45, 2.75) is 10.6 Å². The van der Waals surface area contributed by atoms with E-state index in [-0.39, 0.29) is 17.3 Å². The summed E-state index contributed by atoms with van der Waals surface area (Å²) in [7, 11) is 0. The van der Waals surface area contributed by atoms with Gasteiger partial charge in [0, 0.05) is 26.3 Å². The van der Waals surface area contributed by atoms with Gasteiger partial charge >= 0.3 is 0 Å². The van der Waals surface area contributed by atoms with Crippen LogP contribution in [0.4, 0.5) is 5.82 Å². The van der Waals surface area contributed by atoms with Gasteiger partial charge in [-0.2, -0.15) is 9.78 Å². The SMILES string of the molecule is Nc1nonc1-n1nnc(C(=O)NN=Cc2ccccc2Cl)c1CSc1ccc(Cl)cc1. The zero-order chi connectivity index (χ0) is 22.5. The molecule has 0 fully saturated rings. The molecule has 0 radical (unpaired) electrons. The van der Waals surface area contributed by atoms with Gasteiger partial charge < -0.3 is 5.73 Å². The standard InChI is InChI=1S/C19H14Cl2N8O2S/c20-12-5-7-13(8-6-12)32-10-15-16(24-28-29(15)18-17(22)26-31-27-18)19(30)25-23-9-11-3-1-2-4-14(11)21/h1-9H,10H2,(H2,22,26)(H,25,30). The number of aromatic nitrogens is 5. The fourth-order valence-electron chi connectivity index (χ4n) is 2.59. The Morgan fingerprint density at radius 2 is 1.97 bits per heavy atom. The average molecular weight is 489 g/mol. The number of carbonyl (C=O) groups is 1. The Kier molecular flexibility index (Phi) is 6.69. The van der Waals surface area contributed by atoms with Crippen LogP contribution in [0.3, 0.4) is 0 Å². The minimum atomic E-state index is -0.568. The van der Waals surface area contributed by atoms with Crippen molar-refractivity contribution in [3.8, 4) is 5.82 Å². The van der Waals surface area contributed by atoms with Crippen molar-refractivity contribution < 1.29 is 9.42 Å². The van der Waals surface area contributed by atoms with Crippen LogP contribution in [0.25, 0.3) is 5.82 Å². The Balaban J connectivity index is 1.58. The number of nitrogens with zero attached hydrogens (tertiary/aromatic N) is 6. The van der Waals surface area contributed by atoms with Crippen molar-refractivity contribution in [2.24, 2.45) is 5.10 Å². The third kappa shape index (κ3) is 4.90. The highest BCUT2D eigenvalue weighted by Gasteiger charge is 2.24. The summed E-state index contributed by atoms with van der Waals surface area (Å²) >= 11 is 13.5. The zero-order valence-electron chi connectivity index (χ0n) is 16.1. The van der Waals surface area contributed by atoms with E-state index in [4.69, 9.17) is 28.9 Å². The smallest absolute Gasteiger partial charge is 0.293 e. The molecular formula is C19H14Cl2N8O2S. The second-order valence-corrected chi connectivity index (χ2v) is 8.13. The fraction of sp³-hybridized carbons (Fsp3) is 0.0526. The third-order valence-corrected chi connectivity index (χ3v) is 5.76. The number of hydrogen-bond acceptors (Lipinski definition) is 9. The van der Waals surface area contributed by atoms with Crippen molar-refractivity contribution in [2.75, 3.05) is 5.73 Å². The molecule has 0 spiro atoms. The summed E-state index contributed by atoms with van der Waals surface area (Å²) in [6.07, 6.45) is 1.44. The molecule has 0 unspecified atom stereocenters. The Morgan fingerprint density at radius 3 is 2.69 bits per heavy atom. The highest BCUT2D eigenvalue weighted by molar-refractivity contribution is 7.98. The largest absolute Gasteiger partial charge is 0.378 e. The van der Waals surface area contributed by atoms with Crippen LogP contribution in [-0.2, 0) is 5.75 Å². The van der Waals surface area contributed by atoms with Crippen molar-refractivity contribution in [3.63, 3.8) is 0 Å². The summed E-state index contributed by atoms with van der Waals surface area (Å²) in [6.45, 7) is 0. The quantitative estimate of drug-likeness (QED) is 0.228. The Bertz CT molecular complexity index is 1270. The van der Waals surface area contributed by atoms with Gasteiger partial charge in [0.05, 0.1) is 11.9 Å². The molecule has 13 heteroatoms. The highest BCUT2D eigenvalue weighted by atomic mass is 35.5. The molecule has 0 aliphatic heterocycles. The number of nitrogens with two attached hydrogens (primary N) is 1. The Morgan fingerprint density at radius 1 is 1.19 bits per heavy atom. The van der Waals surface area contributed by atoms with Crippen molar-refractivity contribution in [1.82, 2.24) is 30.7 Å². The van der Waals surface area contributed by atoms with Crippen molar-refractivity contribution in [3.05, 3.63) is 75.5 Å². The molecule has 4 rings (SSSR count). The highest BCUT2D eigenvalue weighted by Crippen LogP contribution is 2.27. The second kappa shape index (κ2) is 9.81. The lowest BCUT2D eigenvalue weighted by Crippen LogP contribution is -2.20. The number of anilines is 1. The molecule has 4 aromatic rings. The summed E-state index contributed by atoms with van der Waals surface area (Å²) in [4.78, 5) is 13.7. The maximum absolute atomic E-state index is 12.8. The molecule has 0 aliphatic rings. The van der Waals surface area contributed by atoms with Gasteiger partial charge in [-0.25, -0.2) is 10.1 Å². The fourth-order valence-corrected chi connectivity index (χ4v) is 3.79. The number of hydrazone groups is 1. The van der Waals surface area contributed by atoms with Gasteiger partial charge in [0.2, 0.25) is 11.6 Å². The van der Waals surface area contributed by atoms with Crippen LogP contribution in [0.1, 0.15) is 21.7 Å². The molecular weight excluding hydrogens is 475 g/mol. The van der Waals surface area contributed by atoms with Crippen LogP contribution in [0.15, 0.2) is 63.2 Å². The minimum absolute atomic E-state index is 0.0105. The van der Waals surface area contributed by atoms with E-state index in [1.165, 1.54) is 22.7 Å². The first-order valence-electron chi connectivity index (χ1n) is 9.02. The topological polar surface area (TPSA) is 137 Å². The summed E-state index contributed by atoms with van der Waals surface area (Å²) in [5.41, 5.74) is 9.35. The summed E-state index contributed by atoms with van der Waals surface area (Å²) in [5.74, 6) is -0.113. The van der Waals surface area contributed by atoms with Gasteiger partial charge in [0.1, 0.15) is 0 Å². The molecule has 0 atom stereocenters.